The van der Waals surface area contributed by atoms with Gasteiger partial charge in [0.1, 0.15) is 11.6 Å². The van der Waals surface area contributed by atoms with Gasteiger partial charge in [-0.1, -0.05) is 47.7 Å². The van der Waals surface area contributed by atoms with E-state index >= 15 is 0 Å². The highest BCUT2D eigenvalue weighted by atomic mass is 32.2. The van der Waals surface area contributed by atoms with Gasteiger partial charge in [-0.3, -0.25) is 9.59 Å². The minimum absolute atomic E-state index is 0.157. The maximum Gasteiger partial charge on any atom is 0.256 e. The predicted octanol–water partition coefficient (Wildman–Crippen LogP) is 6.14. The van der Waals surface area contributed by atoms with Crippen molar-refractivity contribution in [3.63, 3.8) is 0 Å². The molecular formula is C27H28N4O3S. The summed E-state index contributed by atoms with van der Waals surface area (Å²) < 4.78 is 5.83. The molecule has 2 N–H and O–H groups in total. The van der Waals surface area contributed by atoms with Crippen molar-refractivity contribution >= 4 is 46.2 Å². The number of amides is 2. The van der Waals surface area contributed by atoms with E-state index in [0.717, 1.165) is 27.9 Å². The van der Waals surface area contributed by atoms with Crippen LogP contribution in [0, 0.1) is 34.6 Å². The molecule has 2 heterocycles. The molecule has 0 aliphatic carbocycles. The number of aromatic nitrogens is 2. The zero-order valence-corrected chi connectivity index (χ0v) is 21.5. The number of hydrogen-bond acceptors (Lipinski definition) is 6. The van der Waals surface area contributed by atoms with E-state index in [-0.39, 0.29) is 11.8 Å². The molecular weight excluding hydrogens is 460 g/mol. The fraction of sp³-hybridized carbons (Fsp3) is 0.259. The van der Waals surface area contributed by atoms with E-state index in [4.69, 9.17) is 4.42 Å². The van der Waals surface area contributed by atoms with Gasteiger partial charge >= 0.3 is 0 Å². The molecule has 2 amide bonds. The summed E-state index contributed by atoms with van der Waals surface area (Å²) in [5, 5.41) is 6.44. The molecule has 1 atom stereocenters. The van der Waals surface area contributed by atoms with Gasteiger partial charge in [-0.2, -0.15) is 4.98 Å². The summed E-state index contributed by atoms with van der Waals surface area (Å²) in [6, 6.07) is 13.0. The summed E-state index contributed by atoms with van der Waals surface area (Å²) in [4.78, 5) is 35.0. The molecule has 0 radical (unpaired) electrons. The number of hydrogen-bond donors (Lipinski definition) is 2. The van der Waals surface area contributed by atoms with Crippen LogP contribution >= 0.6 is 11.8 Å². The number of carbonyl (C=O) groups is 2. The summed E-state index contributed by atoms with van der Waals surface area (Å²) in [7, 11) is 0. The first-order valence-electron chi connectivity index (χ1n) is 11.3. The van der Waals surface area contributed by atoms with Gasteiger partial charge in [-0.15, -0.1) is 0 Å². The molecule has 0 saturated carbocycles. The van der Waals surface area contributed by atoms with Gasteiger partial charge in [0.25, 0.3) is 5.91 Å². The van der Waals surface area contributed by atoms with Crippen LogP contribution in [0.1, 0.15) is 45.3 Å². The number of thioether (sulfide) groups is 1. The van der Waals surface area contributed by atoms with E-state index in [2.05, 4.69) is 20.6 Å². The largest absolute Gasteiger partial charge is 0.443 e. The zero-order chi connectivity index (χ0) is 25.3. The second kappa shape index (κ2) is 9.92. The Kier molecular flexibility index (Phi) is 6.93. The normalized spacial score (nSPS) is 11.9. The lowest BCUT2D eigenvalue weighted by Crippen LogP contribution is -2.24. The molecule has 0 fully saturated rings. The van der Waals surface area contributed by atoms with Crippen LogP contribution in [0.4, 0.5) is 11.5 Å². The van der Waals surface area contributed by atoms with E-state index in [1.54, 1.807) is 31.2 Å². The van der Waals surface area contributed by atoms with Crippen LogP contribution in [0.25, 0.3) is 11.1 Å². The molecule has 1 unspecified atom stereocenters. The smallest absolute Gasteiger partial charge is 0.256 e. The van der Waals surface area contributed by atoms with Crippen molar-refractivity contribution < 1.29 is 14.0 Å². The number of fused-ring (bicyclic) bond motifs is 1. The van der Waals surface area contributed by atoms with Crippen molar-refractivity contribution in [2.24, 2.45) is 0 Å². The minimum Gasteiger partial charge on any atom is -0.443 e. The molecule has 0 spiro atoms. The molecule has 2 aromatic heterocycles. The summed E-state index contributed by atoms with van der Waals surface area (Å²) in [6.45, 7) is 11.5. The zero-order valence-electron chi connectivity index (χ0n) is 20.6. The number of furan rings is 1. The second-order valence-corrected chi connectivity index (χ2v) is 9.97. The number of rotatable bonds is 6. The highest BCUT2D eigenvalue weighted by Crippen LogP contribution is 2.33. The Morgan fingerprint density at radius 2 is 1.60 bits per heavy atom. The van der Waals surface area contributed by atoms with E-state index in [1.165, 1.54) is 11.8 Å². The predicted molar refractivity (Wildman–Crippen MR) is 140 cm³/mol. The molecule has 180 valence electrons. The third-order valence-electron chi connectivity index (χ3n) is 5.85. The van der Waals surface area contributed by atoms with Gasteiger partial charge in [0.2, 0.25) is 11.6 Å². The molecule has 8 heteroatoms. The van der Waals surface area contributed by atoms with Crippen molar-refractivity contribution in [3.8, 4) is 0 Å². The van der Waals surface area contributed by atoms with Crippen molar-refractivity contribution in [3.05, 3.63) is 76.0 Å². The number of carbonyl (C=O) groups excluding carboxylic acids is 2. The number of nitrogens with one attached hydrogen (secondary N) is 2. The highest BCUT2D eigenvalue weighted by molar-refractivity contribution is 8.00. The lowest BCUT2D eigenvalue weighted by molar-refractivity contribution is -0.115. The fourth-order valence-electron chi connectivity index (χ4n) is 3.96. The van der Waals surface area contributed by atoms with Crippen molar-refractivity contribution in [1.29, 1.82) is 0 Å². The van der Waals surface area contributed by atoms with E-state index < -0.39 is 5.25 Å². The van der Waals surface area contributed by atoms with E-state index in [0.29, 0.717) is 33.4 Å². The van der Waals surface area contributed by atoms with Crippen LogP contribution in [-0.4, -0.2) is 27.0 Å². The Hall–Kier alpha value is -3.65. The van der Waals surface area contributed by atoms with Gasteiger partial charge in [0, 0.05) is 16.8 Å². The van der Waals surface area contributed by atoms with Crippen LogP contribution in [-0.2, 0) is 4.79 Å². The standard InChI is InChI=1S/C27H28N4O3S/c1-14-12-15(2)22(16(3)13-14)28-24(32)19(6)35-27-30-23(21-17(4)18(5)34-26(21)31-27)29-25(33)20-10-8-7-9-11-20/h7-13,19H,1-6H3,(H,28,32)(H,29,30,31,33). The van der Waals surface area contributed by atoms with Crippen molar-refractivity contribution in [2.75, 3.05) is 10.6 Å². The topological polar surface area (TPSA) is 97.1 Å². The maximum atomic E-state index is 13.0. The second-order valence-electron chi connectivity index (χ2n) is 8.66. The van der Waals surface area contributed by atoms with Crippen LogP contribution in [0.5, 0.6) is 0 Å². The summed E-state index contributed by atoms with van der Waals surface area (Å²) in [5.41, 5.74) is 5.74. The molecule has 0 aliphatic rings. The average Bonchev–Trinajstić information content (AvgIpc) is 3.09. The van der Waals surface area contributed by atoms with Gasteiger partial charge in [-0.05, 0) is 64.8 Å². The molecule has 4 rings (SSSR count). The van der Waals surface area contributed by atoms with Crippen molar-refractivity contribution in [1.82, 2.24) is 9.97 Å². The Bertz CT molecular complexity index is 1410. The Morgan fingerprint density at radius 1 is 0.943 bits per heavy atom. The average molecular weight is 489 g/mol. The molecule has 2 aromatic carbocycles. The summed E-state index contributed by atoms with van der Waals surface area (Å²) in [6.07, 6.45) is 0. The Labute approximate surface area is 208 Å². The molecule has 0 aliphatic heterocycles. The quantitative estimate of drug-likeness (QED) is 0.250. The molecule has 35 heavy (non-hydrogen) atoms. The summed E-state index contributed by atoms with van der Waals surface area (Å²) in [5.74, 6) is 0.618. The Morgan fingerprint density at radius 3 is 2.26 bits per heavy atom. The molecule has 0 saturated heterocycles. The van der Waals surface area contributed by atoms with Crippen LogP contribution in [0.2, 0.25) is 0 Å². The van der Waals surface area contributed by atoms with E-state index in [1.807, 2.05) is 52.8 Å². The summed E-state index contributed by atoms with van der Waals surface area (Å²) >= 11 is 1.21. The number of aryl methyl sites for hydroxylation is 5. The lowest BCUT2D eigenvalue weighted by atomic mass is 10.1. The minimum atomic E-state index is -0.484. The van der Waals surface area contributed by atoms with Crippen molar-refractivity contribution in [2.45, 2.75) is 51.9 Å². The Balaban J connectivity index is 1.61. The first-order chi connectivity index (χ1) is 16.6. The third-order valence-corrected chi connectivity index (χ3v) is 6.81. The third kappa shape index (κ3) is 5.22. The number of anilines is 2. The highest BCUT2D eigenvalue weighted by Gasteiger charge is 2.22. The van der Waals surface area contributed by atoms with Crippen LogP contribution in [0.3, 0.4) is 0 Å². The fourth-order valence-corrected chi connectivity index (χ4v) is 4.72. The van der Waals surface area contributed by atoms with Crippen LogP contribution in [0.15, 0.2) is 52.0 Å². The van der Waals surface area contributed by atoms with E-state index in [9.17, 15) is 9.59 Å². The SMILES string of the molecule is Cc1cc(C)c(NC(=O)C(C)Sc2nc(NC(=O)c3ccccc3)c3c(C)c(C)oc3n2)c(C)c1. The van der Waals surface area contributed by atoms with Gasteiger partial charge in [0.05, 0.1) is 10.6 Å². The number of nitrogens with zero attached hydrogens (tertiary/aromatic N) is 2. The molecule has 4 aromatic rings. The molecule has 7 nitrogen and oxygen atoms in total. The van der Waals surface area contributed by atoms with Gasteiger partial charge in [0.15, 0.2) is 5.16 Å². The number of benzene rings is 2. The first-order valence-corrected chi connectivity index (χ1v) is 12.2. The first kappa shape index (κ1) is 24.5. The molecule has 0 bridgehead atoms. The van der Waals surface area contributed by atoms with Gasteiger partial charge in [-0.25, -0.2) is 4.98 Å². The maximum absolute atomic E-state index is 13.0. The monoisotopic (exact) mass is 488 g/mol. The van der Waals surface area contributed by atoms with Crippen LogP contribution < -0.4 is 10.6 Å². The lowest BCUT2D eigenvalue weighted by Gasteiger charge is -2.16. The van der Waals surface area contributed by atoms with Gasteiger partial charge < -0.3 is 15.1 Å².